The van der Waals surface area contributed by atoms with Gasteiger partial charge in [-0.1, -0.05) is 24.0 Å². The van der Waals surface area contributed by atoms with Crippen LogP contribution in [-0.4, -0.2) is 39.4 Å². The third kappa shape index (κ3) is 6.04. The Kier molecular flexibility index (Phi) is 8.15. The third-order valence-corrected chi connectivity index (χ3v) is 5.46. The summed E-state index contributed by atoms with van der Waals surface area (Å²) in [4.78, 5) is 23.9. The van der Waals surface area contributed by atoms with Crippen LogP contribution in [0.4, 0.5) is 0 Å². The van der Waals surface area contributed by atoms with Crippen LogP contribution in [0.25, 0.3) is 0 Å². The molecule has 1 aliphatic rings. The number of carbonyl (C=O) groups is 2. The van der Waals surface area contributed by atoms with E-state index in [1.54, 1.807) is 31.4 Å². The lowest BCUT2D eigenvalue weighted by Gasteiger charge is -2.18. The maximum absolute atomic E-state index is 12.1. The lowest BCUT2D eigenvalue weighted by atomic mass is 9.95. The molecule has 0 bridgehead atoms. The van der Waals surface area contributed by atoms with Gasteiger partial charge in [-0.15, -0.1) is 0 Å². The highest BCUT2D eigenvalue weighted by molar-refractivity contribution is 5.89. The Hall–Kier alpha value is -3.46. The van der Waals surface area contributed by atoms with Crippen molar-refractivity contribution in [2.24, 2.45) is 0 Å². The maximum atomic E-state index is 12.1. The molecule has 0 amide bonds. The summed E-state index contributed by atoms with van der Waals surface area (Å²) in [5.74, 6) is 6.34. The van der Waals surface area contributed by atoms with Crippen LogP contribution in [0.3, 0.4) is 0 Å². The fourth-order valence-electron chi connectivity index (χ4n) is 3.70. The Labute approximate surface area is 188 Å². The number of hydrogen-bond acceptors (Lipinski definition) is 6. The summed E-state index contributed by atoms with van der Waals surface area (Å²) in [6.07, 6.45) is 4.63. The first-order valence-corrected chi connectivity index (χ1v) is 10.7. The molecule has 0 aromatic heterocycles. The van der Waals surface area contributed by atoms with Gasteiger partial charge in [-0.25, -0.2) is 4.79 Å². The minimum atomic E-state index is -0.427. The summed E-state index contributed by atoms with van der Waals surface area (Å²) in [5.41, 5.74) is 1.90. The van der Waals surface area contributed by atoms with Crippen molar-refractivity contribution in [2.75, 3.05) is 21.3 Å². The van der Waals surface area contributed by atoms with Gasteiger partial charge in [-0.2, -0.15) is 0 Å². The number of ether oxygens (including phenoxy) is 4. The second-order valence-electron chi connectivity index (χ2n) is 7.61. The molecule has 1 fully saturated rings. The van der Waals surface area contributed by atoms with E-state index in [9.17, 15) is 9.59 Å². The first-order valence-electron chi connectivity index (χ1n) is 10.7. The SMILES string of the molecule is COC(=O)CC(C#Cc1cccc(C(=O)OC)c1)c1ccc(OC)c(OC2CCCC2)c1. The molecule has 6 nitrogen and oxygen atoms in total. The summed E-state index contributed by atoms with van der Waals surface area (Å²) in [6.45, 7) is 0. The van der Waals surface area contributed by atoms with E-state index in [0.717, 1.165) is 31.2 Å². The number of esters is 2. The molecule has 168 valence electrons. The molecule has 0 radical (unpaired) electrons. The van der Waals surface area contributed by atoms with E-state index in [-0.39, 0.29) is 18.5 Å². The van der Waals surface area contributed by atoms with E-state index in [0.29, 0.717) is 22.6 Å². The average Bonchev–Trinajstić information content (AvgIpc) is 3.34. The molecular weight excluding hydrogens is 408 g/mol. The van der Waals surface area contributed by atoms with Crippen LogP contribution < -0.4 is 9.47 Å². The maximum Gasteiger partial charge on any atom is 0.337 e. The quantitative estimate of drug-likeness (QED) is 0.470. The fourth-order valence-corrected chi connectivity index (χ4v) is 3.70. The van der Waals surface area contributed by atoms with Crippen molar-refractivity contribution < 1.29 is 28.5 Å². The number of carbonyl (C=O) groups excluding carboxylic acids is 2. The minimum Gasteiger partial charge on any atom is -0.493 e. The lowest BCUT2D eigenvalue weighted by molar-refractivity contribution is -0.140. The van der Waals surface area contributed by atoms with Crippen molar-refractivity contribution in [1.82, 2.24) is 0 Å². The van der Waals surface area contributed by atoms with E-state index < -0.39 is 11.9 Å². The Balaban J connectivity index is 1.92. The second kappa shape index (κ2) is 11.2. The third-order valence-electron chi connectivity index (χ3n) is 5.46. The van der Waals surface area contributed by atoms with Gasteiger partial charge in [0.15, 0.2) is 11.5 Å². The standard InChI is InChI=1S/C26H28O6/c1-29-23-14-13-19(16-24(23)32-22-9-4-5-10-22)20(17-25(27)30-2)12-11-18-7-6-8-21(15-18)26(28)31-3/h6-8,13-16,20,22H,4-5,9-10,17H2,1-3H3. The van der Waals surface area contributed by atoms with Gasteiger partial charge in [-0.3, -0.25) is 4.79 Å². The highest BCUT2D eigenvalue weighted by atomic mass is 16.5. The molecule has 3 rings (SSSR count). The molecule has 6 heteroatoms. The first kappa shape index (κ1) is 23.2. The van der Waals surface area contributed by atoms with Crippen LogP contribution >= 0.6 is 0 Å². The highest BCUT2D eigenvalue weighted by Gasteiger charge is 2.21. The molecule has 1 atom stereocenters. The Bertz CT molecular complexity index is 1010. The van der Waals surface area contributed by atoms with Gasteiger partial charge in [0, 0.05) is 5.56 Å². The van der Waals surface area contributed by atoms with E-state index >= 15 is 0 Å². The van der Waals surface area contributed by atoms with Crippen LogP contribution in [0.2, 0.25) is 0 Å². The van der Waals surface area contributed by atoms with Crippen molar-refractivity contribution in [3.8, 4) is 23.3 Å². The number of methoxy groups -OCH3 is 3. The Morgan fingerprint density at radius 3 is 2.47 bits per heavy atom. The molecule has 0 heterocycles. The largest absolute Gasteiger partial charge is 0.493 e. The van der Waals surface area contributed by atoms with Crippen molar-refractivity contribution in [3.05, 3.63) is 59.2 Å². The number of rotatable bonds is 7. The van der Waals surface area contributed by atoms with Crippen LogP contribution in [0.1, 0.15) is 59.5 Å². The van der Waals surface area contributed by atoms with Gasteiger partial charge in [-0.05, 0) is 61.6 Å². The van der Waals surface area contributed by atoms with Gasteiger partial charge < -0.3 is 18.9 Å². The smallest absolute Gasteiger partial charge is 0.337 e. The molecule has 2 aromatic rings. The first-order chi connectivity index (χ1) is 15.5. The number of benzene rings is 2. The van der Waals surface area contributed by atoms with Crippen molar-refractivity contribution in [1.29, 1.82) is 0 Å². The normalized spacial score (nSPS) is 14.1. The monoisotopic (exact) mass is 436 g/mol. The van der Waals surface area contributed by atoms with Crippen LogP contribution in [0, 0.1) is 11.8 Å². The Morgan fingerprint density at radius 1 is 1.00 bits per heavy atom. The van der Waals surface area contributed by atoms with Crippen LogP contribution in [0.15, 0.2) is 42.5 Å². The molecule has 1 unspecified atom stereocenters. The number of hydrogen-bond donors (Lipinski definition) is 0. The molecule has 1 saturated carbocycles. The average molecular weight is 437 g/mol. The molecule has 0 spiro atoms. The van der Waals surface area contributed by atoms with Gasteiger partial charge >= 0.3 is 11.9 Å². The molecule has 32 heavy (non-hydrogen) atoms. The zero-order valence-corrected chi connectivity index (χ0v) is 18.7. The van der Waals surface area contributed by atoms with Crippen molar-refractivity contribution in [2.45, 2.75) is 44.1 Å². The summed E-state index contributed by atoms with van der Waals surface area (Å²) < 4.78 is 21.3. The summed E-state index contributed by atoms with van der Waals surface area (Å²) >= 11 is 0. The van der Waals surface area contributed by atoms with E-state index in [2.05, 4.69) is 11.8 Å². The summed E-state index contributed by atoms with van der Waals surface area (Å²) in [5, 5.41) is 0. The molecule has 0 saturated heterocycles. The predicted molar refractivity (Wildman–Crippen MR) is 120 cm³/mol. The molecule has 1 aliphatic carbocycles. The summed E-state index contributed by atoms with van der Waals surface area (Å²) in [7, 11) is 4.30. The van der Waals surface area contributed by atoms with Gasteiger partial charge in [0.05, 0.1) is 45.3 Å². The summed E-state index contributed by atoms with van der Waals surface area (Å²) in [6, 6.07) is 12.5. The van der Waals surface area contributed by atoms with Crippen LogP contribution in [0.5, 0.6) is 11.5 Å². The molecule has 0 aliphatic heterocycles. The van der Waals surface area contributed by atoms with E-state index in [4.69, 9.17) is 18.9 Å². The molecule has 2 aromatic carbocycles. The molecule has 0 N–H and O–H groups in total. The zero-order chi connectivity index (χ0) is 22.9. The van der Waals surface area contributed by atoms with Gasteiger partial charge in [0.2, 0.25) is 0 Å². The van der Waals surface area contributed by atoms with E-state index in [1.165, 1.54) is 14.2 Å². The zero-order valence-electron chi connectivity index (χ0n) is 18.7. The second-order valence-corrected chi connectivity index (χ2v) is 7.61. The van der Waals surface area contributed by atoms with Crippen LogP contribution in [-0.2, 0) is 14.3 Å². The minimum absolute atomic E-state index is 0.0926. The fraction of sp³-hybridized carbons (Fsp3) is 0.385. The highest BCUT2D eigenvalue weighted by Crippen LogP contribution is 2.35. The topological polar surface area (TPSA) is 71.1 Å². The molecular formula is C26H28O6. The van der Waals surface area contributed by atoms with Crippen molar-refractivity contribution >= 4 is 11.9 Å². The van der Waals surface area contributed by atoms with Crippen molar-refractivity contribution in [3.63, 3.8) is 0 Å². The lowest BCUT2D eigenvalue weighted by Crippen LogP contribution is -2.12. The van der Waals surface area contributed by atoms with Gasteiger partial charge in [0.25, 0.3) is 0 Å². The van der Waals surface area contributed by atoms with E-state index in [1.807, 2.05) is 18.2 Å². The Morgan fingerprint density at radius 2 is 1.78 bits per heavy atom. The van der Waals surface area contributed by atoms with Gasteiger partial charge in [0.1, 0.15) is 0 Å². The predicted octanol–water partition coefficient (Wildman–Crippen LogP) is 4.50.